The zero-order chi connectivity index (χ0) is 30.2. The second-order valence-electron chi connectivity index (χ2n) is 10.0. The summed E-state index contributed by atoms with van der Waals surface area (Å²) >= 11 is 1.35. The Balaban J connectivity index is 1.35. The Labute approximate surface area is 252 Å². The van der Waals surface area contributed by atoms with E-state index in [0.717, 1.165) is 22.8 Å². The van der Waals surface area contributed by atoms with Crippen LogP contribution in [-0.2, 0) is 25.8 Å². The fourth-order valence-electron chi connectivity index (χ4n) is 4.80. The third kappa shape index (κ3) is 8.09. The van der Waals surface area contributed by atoms with Gasteiger partial charge >= 0.3 is 6.18 Å². The lowest BCUT2D eigenvalue weighted by atomic mass is 9.98. The van der Waals surface area contributed by atoms with Crippen molar-refractivity contribution in [3.05, 3.63) is 153 Å². The minimum Gasteiger partial charge on any atom is -0.497 e. The number of carbonyl (C=O) groups is 1. The molecule has 0 saturated carbocycles. The first-order valence-corrected chi connectivity index (χ1v) is 14.5. The number of thiazole rings is 1. The number of benzene rings is 4. The van der Waals surface area contributed by atoms with Gasteiger partial charge in [-0.2, -0.15) is 13.2 Å². The van der Waals surface area contributed by atoms with Gasteiger partial charge in [-0.3, -0.25) is 9.69 Å². The average Bonchev–Trinajstić information content (AvgIpc) is 3.49. The third-order valence-electron chi connectivity index (χ3n) is 6.91. The van der Waals surface area contributed by atoms with Crippen LogP contribution in [0, 0.1) is 0 Å². The fraction of sp³-hybridized carbons (Fsp3) is 0.176. The highest BCUT2D eigenvalue weighted by molar-refractivity contribution is 7.09. The van der Waals surface area contributed by atoms with Crippen LogP contribution in [-0.4, -0.2) is 22.9 Å². The molecule has 5 rings (SSSR count). The van der Waals surface area contributed by atoms with E-state index in [1.54, 1.807) is 18.6 Å². The van der Waals surface area contributed by atoms with Crippen LogP contribution in [0.2, 0.25) is 0 Å². The van der Waals surface area contributed by atoms with Gasteiger partial charge in [0.25, 0.3) is 5.91 Å². The molecule has 0 atom stereocenters. The lowest BCUT2D eigenvalue weighted by molar-refractivity contribution is -0.137. The Morgan fingerprint density at radius 2 is 1.47 bits per heavy atom. The first-order valence-electron chi connectivity index (χ1n) is 13.6. The molecular formula is C34H30F3N3O2S. The van der Waals surface area contributed by atoms with Gasteiger partial charge in [-0.1, -0.05) is 91.0 Å². The smallest absolute Gasteiger partial charge is 0.416 e. The van der Waals surface area contributed by atoms with Crippen LogP contribution in [0.25, 0.3) is 0 Å². The van der Waals surface area contributed by atoms with Crippen molar-refractivity contribution < 1.29 is 22.7 Å². The Morgan fingerprint density at radius 3 is 2.07 bits per heavy atom. The van der Waals surface area contributed by atoms with E-state index in [2.05, 4.69) is 10.3 Å². The lowest BCUT2D eigenvalue weighted by Crippen LogP contribution is -2.29. The highest BCUT2D eigenvalue weighted by Gasteiger charge is 2.30. The molecular weight excluding hydrogens is 571 g/mol. The summed E-state index contributed by atoms with van der Waals surface area (Å²) in [5, 5.41) is 5.51. The number of nitrogens with one attached hydrogen (secondary N) is 1. The van der Waals surface area contributed by atoms with Gasteiger partial charge in [0, 0.05) is 18.5 Å². The maximum atomic E-state index is 13.4. The first-order chi connectivity index (χ1) is 20.8. The monoisotopic (exact) mass is 601 g/mol. The van der Waals surface area contributed by atoms with E-state index in [-0.39, 0.29) is 18.5 Å². The van der Waals surface area contributed by atoms with Crippen molar-refractivity contribution in [2.45, 2.75) is 31.9 Å². The minimum absolute atomic E-state index is 0.265. The molecule has 220 valence electrons. The number of halogens is 3. The molecule has 0 bridgehead atoms. The number of hydrogen-bond acceptors (Lipinski definition) is 5. The summed E-state index contributed by atoms with van der Waals surface area (Å²) in [7, 11) is 1.59. The van der Waals surface area contributed by atoms with Gasteiger partial charge in [-0.05, 0) is 40.5 Å². The number of aromatic nitrogens is 1. The van der Waals surface area contributed by atoms with Gasteiger partial charge < -0.3 is 10.1 Å². The number of carbonyl (C=O) groups excluding carboxylic acids is 1. The van der Waals surface area contributed by atoms with Crippen molar-refractivity contribution in [3.63, 3.8) is 0 Å². The average molecular weight is 602 g/mol. The molecule has 1 heterocycles. The number of amides is 1. The number of ether oxygens (including phenoxy) is 1. The van der Waals surface area contributed by atoms with Crippen LogP contribution >= 0.6 is 11.3 Å². The Morgan fingerprint density at radius 1 is 0.837 bits per heavy atom. The third-order valence-corrected chi connectivity index (χ3v) is 7.74. The Kier molecular flexibility index (Phi) is 9.54. The molecule has 9 heteroatoms. The molecule has 0 aliphatic carbocycles. The second-order valence-corrected chi connectivity index (χ2v) is 11.0. The zero-order valence-corrected chi connectivity index (χ0v) is 24.2. The summed E-state index contributed by atoms with van der Waals surface area (Å²) < 4.78 is 45.4. The van der Waals surface area contributed by atoms with Crippen LogP contribution in [0.4, 0.5) is 13.2 Å². The topological polar surface area (TPSA) is 54.5 Å². The van der Waals surface area contributed by atoms with Gasteiger partial charge in [0.1, 0.15) is 16.5 Å². The van der Waals surface area contributed by atoms with Gasteiger partial charge in [0.05, 0.1) is 25.3 Å². The standard InChI is InChI=1S/C34H30F3N3O2S/c1-42-29-17-15-24(16-18-29)20-40(21-25-9-8-14-28(19-25)34(35,36)37)22-31-38-30(23-43-31)33(41)39-32(26-10-4-2-5-11-26)27-12-6-3-7-13-27/h2-19,23,32H,20-22H2,1H3,(H,39,41). The number of hydrogen-bond donors (Lipinski definition) is 1. The van der Waals surface area contributed by atoms with Crippen molar-refractivity contribution in [2.75, 3.05) is 7.11 Å². The molecule has 1 amide bonds. The second kappa shape index (κ2) is 13.7. The predicted molar refractivity (Wildman–Crippen MR) is 162 cm³/mol. The van der Waals surface area contributed by atoms with E-state index < -0.39 is 11.7 Å². The van der Waals surface area contributed by atoms with Crippen molar-refractivity contribution in [1.82, 2.24) is 15.2 Å². The van der Waals surface area contributed by atoms with Crippen LogP contribution in [0.3, 0.4) is 0 Å². The summed E-state index contributed by atoms with van der Waals surface area (Å²) in [6, 6.07) is 32.0. The van der Waals surface area contributed by atoms with Crippen LogP contribution in [0.1, 0.15) is 49.4 Å². The highest BCUT2D eigenvalue weighted by atomic mass is 32.1. The van der Waals surface area contributed by atoms with Gasteiger partial charge in [0.2, 0.25) is 0 Å². The van der Waals surface area contributed by atoms with Gasteiger partial charge in [0.15, 0.2) is 0 Å². The SMILES string of the molecule is COc1ccc(CN(Cc2cccc(C(F)(F)F)c2)Cc2nc(C(=O)NC(c3ccccc3)c3ccccc3)cs2)cc1. The van der Waals surface area contributed by atoms with E-state index in [1.807, 2.05) is 89.8 Å². The number of nitrogens with zero attached hydrogens (tertiary/aromatic N) is 2. The van der Waals surface area contributed by atoms with E-state index >= 15 is 0 Å². The number of rotatable bonds is 11. The summed E-state index contributed by atoms with van der Waals surface area (Å²) in [5.41, 5.74) is 3.00. The minimum atomic E-state index is -4.42. The molecule has 5 aromatic rings. The fourth-order valence-corrected chi connectivity index (χ4v) is 5.61. The lowest BCUT2D eigenvalue weighted by Gasteiger charge is -2.22. The van der Waals surface area contributed by atoms with Gasteiger partial charge in [-0.15, -0.1) is 11.3 Å². The van der Waals surface area contributed by atoms with Crippen molar-refractivity contribution >= 4 is 17.2 Å². The van der Waals surface area contributed by atoms with E-state index in [4.69, 9.17) is 4.74 Å². The Hall–Kier alpha value is -4.47. The van der Waals surface area contributed by atoms with E-state index in [1.165, 1.54) is 23.5 Å². The molecule has 0 radical (unpaired) electrons. The molecule has 43 heavy (non-hydrogen) atoms. The highest BCUT2D eigenvalue weighted by Crippen LogP contribution is 2.30. The molecule has 1 N–H and O–H groups in total. The normalized spacial score (nSPS) is 11.6. The van der Waals surface area contributed by atoms with E-state index in [9.17, 15) is 18.0 Å². The maximum Gasteiger partial charge on any atom is 0.416 e. The van der Waals surface area contributed by atoms with Crippen molar-refractivity contribution in [2.24, 2.45) is 0 Å². The van der Waals surface area contributed by atoms with Gasteiger partial charge in [-0.25, -0.2) is 4.98 Å². The first kappa shape index (κ1) is 30.0. The van der Waals surface area contributed by atoms with E-state index in [0.29, 0.717) is 35.1 Å². The summed E-state index contributed by atoms with van der Waals surface area (Å²) in [4.78, 5) is 20.0. The maximum absolute atomic E-state index is 13.4. The van der Waals surface area contributed by atoms with Crippen LogP contribution < -0.4 is 10.1 Å². The summed E-state index contributed by atoms with van der Waals surface area (Å²) in [5.74, 6) is 0.410. The zero-order valence-electron chi connectivity index (χ0n) is 23.4. The number of methoxy groups -OCH3 is 1. The molecule has 0 spiro atoms. The molecule has 0 unspecified atom stereocenters. The molecule has 0 fully saturated rings. The molecule has 1 aromatic heterocycles. The van der Waals surface area contributed by atoms with Crippen molar-refractivity contribution in [3.8, 4) is 5.75 Å². The molecule has 4 aromatic carbocycles. The molecule has 5 nitrogen and oxygen atoms in total. The quantitative estimate of drug-likeness (QED) is 0.167. The predicted octanol–water partition coefficient (Wildman–Crippen LogP) is 7.89. The molecule has 0 aliphatic heterocycles. The van der Waals surface area contributed by atoms with Crippen molar-refractivity contribution in [1.29, 1.82) is 0 Å². The van der Waals surface area contributed by atoms with Crippen LogP contribution in [0.5, 0.6) is 5.75 Å². The molecule has 0 saturated heterocycles. The summed E-state index contributed by atoms with van der Waals surface area (Å²) in [6.45, 7) is 1.08. The summed E-state index contributed by atoms with van der Waals surface area (Å²) in [6.07, 6.45) is -4.42. The van der Waals surface area contributed by atoms with Crippen LogP contribution in [0.15, 0.2) is 115 Å². The number of alkyl halides is 3. The largest absolute Gasteiger partial charge is 0.497 e. The Bertz CT molecular complexity index is 1590. The molecule has 0 aliphatic rings.